The number of hydrogen-bond donors (Lipinski definition) is 3. The summed E-state index contributed by atoms with van der Waals surface area (Å²) in [6.45, 7) is 10.4. The average molecular weight is 418 g/mol. The highest BCUT2D eigenvalue weighted by atomic mass is 35.5. The molecular formula is C20H29Cl2NO4. The zero-order chi connectivity index (χ0) is 20.3. The molecule has 3 N–H and O–H groups in total. The van der Waals surface area contributed by atoms with E-state index in [2.05, 4.69) is 32.7 Å². The molecule has 8 atom stereocenters. The maximum Gasteiger partial charge on any atom is 0.232 e. The van der Waals surface area contributed by atoms with Crippen LogP contribution in [-0.2, 0) is 9.59 Å². The van der Waals surface area contributed by atoms with Gasteiger partial charge in [-0.15, -0.1) is 23.2 Å². The van der Waals surface area contributed by atoms with Crippen LogP contribution in [0.5, 0.6) is 0 Å². The van der Waals surface area contributed by atoms with Gasteiger partial charge in [0.15, 0.2) is 0 Å². The van der Waals surface area contributed by atoms with Gasteiger partial charge in [-0.1, -0.05) is 27.4 Å². The summed E-state index contributed by atoms with van der Waals surface area (Å²) in [5.74, 6) is -1.67. The first-order valence-electron chi connectivity index (χ1n) is 9.56. The maximum absolute atomic E-state index is 12.0. The van der Waals surface area contributed by atoms with Crippen LogP contribution in [0.25, 0.3) is 0 Å². The molecule has 3 aliphatic rings. The van der Waals surface area contributed by atoms with E-state index in [-0.39, 0.29) is 52.2 Å². The molecule has 0 radical (unpaired) electrons. The van der Waals surface area contributed by atoms with Crippen molar-refractivity contribution in [2.45, 2.75) is 69.4 Å². The highest BCUT2D eigenvalue weighted by molar-refractivity contribution is 6.30. The zero-order valence-corrected chi connectivity index (χ0v) is 17.6. The van der Waals surface area contributed by atoms with E-state index in [1.165, 1.54) is 0 Å². The fourth-order valence-corrected chi connectivity index (χ4v) is 6.77. The molecule has 1 heterocycles. The van der Waals surface area contributed by atoms with Crippen molar-refractivity contribution in [3.05, 3.63) is 12.2 Å². The van der Waals surface area contributed by atoms with Gasteiger partial charge >= 0.3 is 0 Å². The third-order valence-corrected chi connectivity index (χ3v) is 8.84. The van der Waals surface area contributed by atoms with Crippen molar-refractivity contribution in [2.24, 2.45) is 28.6 Å². The Labute approximate surface area is 170 Å². The van der Waals surface area contributed by atoms with Crippen LogP contribution in [-0.4, -0.2) is 45.0 Å². The molecule has 2 saturated carbocycles. The number of halogens is 2. The Kier molecular flexibility index (Phi) is 5.48. The molecule has 7 heteroatoms. The van der Waals surface area contributed by atoms with Crippen molar-refractivity contribution in [2.75, 3.05) is 0 Å². The number of rotatable bonds is 3. The van der Waals surface area contributed by atoms with E-state index in [9.17, 15) is 19.8 Å². The van der Waals surface area contributed by atoms with Gasteiger partial charge in [0, 0.05) is 6.42 Å². The summed E-state index contributed by atoms with van der Waals surface area (Å²) in [5, 5.41) is 23.2. The molecule has 0 aromatic heterocycles. The topological polar surface area (TPSA) is 86.6 Å². The van der Waals surface area contributed by atoms with Crippen LogP contribution < -0.4 is 5.32 Å². The van der Waals surface area contributed by atoms with Crippen LogP contribution in [0.15, 0.2) is 12.2 Å². The van der Waals surface area contributed by atoms with E-state index in [0.717, 1.165) is 0 Å². The fourth-order valence-electron chi connectivity index (χ4n) is 5.87. The van der Waals surface area contributed by atoms with Crippen LogP contribution in [0.4, 0.5) is 0 Å². The highest BCUT2D eigenvalue weighted by Gasteiger charge is 2.60. The molecule has 0 aromatic carbocycles. The number of fused-ring (bicyclic) bond motifs is 1. The molecule has 5 nitrogen and oxygen atoms in total. The third kappa shape index (κ3) is 3.35. The van der Waals surface area contributed by atoms with Crippen molar-refractivity contribution in [1.82, 2.24) is 5.32 Å². The smallest absolute Gasteiger partial charge is 0.232 e. The van der Waals surface area contributed by atoms with Crippen LogP contribution in [0.2, 0.25) is 0 Å². The molecule has 3 rings (SSSR count). The van der Waals surface area contributed by atoms with Gasteiger partial charge in [-0.3, -0.25) is 14.9 Å². The number of nitrogens with one attached hydrogen (secondary N) is 1. The quantitative estimate of drug-likeness (QED) is 0.374. The van der Waals surface area contributed by atoms with Gasteiger partial charge in [-0.25, -0.2) is 0 Å². The second-order valence-corrected chi connectivity index (χ2v) is 10.4. The van der Waals surface area contributed by atoms with Crippen LogP contribution in [0, 0.1) is 28.6 Å². The molecule has 152 valence electrons. The lowest BCUT2D eigenvalue weighted by Gasteiger charge is -2.61. The molecular weight excluding hydrogens is 389 g/mol. The first-order chi connectivity index (χ1) is 12.4. The van der Waals surface area contributed by atoms with Gasteiger partial charge in [0.05, 0.1) is 28.9 Å². The summed E-state index contributed by atoms with van der Waals surface area (Å²) < 4.78 is 0. The van der Waals surface area contributed by atoms with Crippen molar-refractivity contribution in [3.8, 4) is 0 Å². The molecule has 0 spiro atoms. The average Bonchev–Trinajstić information content (AvgIpc) is 2.91. The van der Waals surface area contributed by atoms with Gasteiger partial charge in [-0.2, -0.15) is 0 Å². The molecule has 3 fully saturated rings. The lowest BCUT2D eigenvalue weighted by Crippen LogP contribution is -2.59. The van der Waals surface area contributed by atoms with Crippen molar-refractivity contribution >= 4 is 35.0 Å². The van der Waals surface area contributed by atoms with Gasteiger partial charge in [0.1, 0.15) is 0 Å². The second-order valence-electron chi connectivity index (χ2n) is 9.41. The predicted molar refractivity (Wildman–Crippen MR) is 104 cm³/mol. The number of carbonyl (C=O) groups excluding carboxylic acids is 2. The summed E-state index contributed by atoms with van der Waals surface area (Å²) in [4.78, 5) is 23.5. The van der Waals surface area contributed by atoms with Crippen LogP contribution in [0.3, 0.4) is 0 Å². The van der Waals surface area contributed by atoms with Gasteiger partial charge in [0.25, 0.3) is 0 Å². The van der Waals surface area contributed by atoms with E-state index in [1.807, 2.05) is 0 Å². The minimum atomic E-state index is -0.980. The van der Waals surface area contributed by atoms with Crippen LogP contribution in [0.1, 0.15) is 46.5 Å². The number of aliphatic hydroxyl groups excluding tert-OH is 2. The Morgan fingerprint density at radius 1 is 1.30 bits per heavy atom. The number of imide groups is 1. The number of carbonyl (C=O) groups is 2. The standard InChI is InChI=1S/C20H29Cl2NO4/c1-9-11(6-14(25)10-5-16(26)23-18(10)27)20(4)8-12(21)17(22)19(2,3)15(20)7-13(9)24/h10-15,17,24-25H,1,5-8H2,2-4H3,(H,23,26,27)/t10-,11+,12-,13+,14+,15?,17+,20-/m1/s1. The molecule has 1 unspecified atom stereocenters. The molecule has 0 bridgehead atoms. The maximum atomic E-state index is 12.0. The van der Waals surface area contributed by atoms with E-state index < -0.39 is 24.0 Å². The normalized spacial score (nSPS) is 45.4. The van der Waals surface area contributed by atoms with E-state index in [4.69, 9.17) is 23.2 Å². The summed E-state index contributed by atoms with van der Waals surface area (Å²) >= 11 is 13.3. The first kappa shape index (κ1) is 21.1. The molecule has 27 heavy (non-hydrogen) atoms. The minimum Gasteiger partial charge on any atom is -0.392 e. The second kappa shape index (κ2) is 7.01. The molecule has 1 aliphatic heterocycles. The van der Waals surface area contributed by atoms with Crippen molar-refractivity contribution in [3.63, 3.8) is 0 Å². The fraction of sp³-hybridized carbons (Fsp3) is 0.800. The van der Waals surface area contributed by atoms with E-state index in [1.54, 1.807) is 0 Å². The minimum absolute atomic E-state index is 0.00469. The largest absolute Gasteiger partial charge is 0.392 e. The lowest BCUT2D eigenvalue weighted by molar-refractivity contribution is -0.128. The predicted octanol–water partition coefficient (Wildman–Crippen LogP) is 2.60. The van der Waals surface area contributed by atoms with E-state index >= 15 is 0 Å². The van der Waals surface area contributed by atoms with Gasteiger partial charge < -0.3 is 10.2 Å². The number of aliphatic hydroxyl groups is 2. The Morgan fingerprint density at radius 3 is 2.48 bits per heavy atom. The van der Waals surface area contributed by atoms with Crippen LogP contribution >= 0.6 is 23.2 Å². The summed E-state index contributed by atoms with van der Waals surface area (Å²) in [5.41, 5.74) is 0.0646. The Hall–Kier alpha value is -0.620. The van der Waals surface area contributed by atoms with Gasteiger partial charge in [-0.05, 0) is 47.5 Å². The summed E-state index contributed by atoms with van der Waals surface area (Å²) in [6, 6.07) is 0. The molecule has 0 aromatic rings. The molecule has 1 saturated heterocycles. The molecule has 2 amide bonds. The van der Waals surface area contributed by atoms with Gasteiger partial charge in [0.2, 0.25) is 11.8 Å². The Bertz CT molecular complexity index is 666. The zero-order valence-electron chi connectivity index (χ0n) is 16.0. The van der Waals surface area contributed by atoms with Crippen molar-refractivity contribution < 1.29 is 19.8 Å². The first-order valence-corrected chi connectivity index (χ1v) is 10.4. The number of amides is 2. The summed E-state index contributed by atoms with van der Waals surface area (Å²) in [6.07, 6.45) is -0.197. The molecule has 2 aliphatic carbocycles. The monoisotopic (exact) mass is 417 g/mol. The Morgan fingerprint density at radius 2 is 1.93 bits per heavy atom. The Balaban J connectivity index is 1.91. The SMILES string of the molecule is C=C1[C@@H](O)CC2C(C)(C)[C@@H](Cl)[C@H](Cl)C[C@]2(C)[C@H]1C[C@H](O)[C@H]1CC(=O)NC1=O. The number of hydrogen-bond acceptors (Lipinski definition) is 4. The lowest BCUT2D eigenvalue weighted by atomic mass is 9.46. The number of alkyl halides is 2. The van der Waals surface area contributed by atoms with Crippen molar-refractivity contribution in [1.29, 1.82) is 0 Å². The highest BCUT2D eigenvalue weighted by Crippen LogP contribution is 2.63. The third-order valence-electron chi connectivity index (χ3n) is 7.43. The summed E-state index contributed by atoms with van der Waals surface area (Å²) in [7, 11) is 0. The van der Waals surface area contributed by atoms with E-state index in [0.29, 0.717) is 18.4 Å².